The Kier molecular flexibility index (Phi) is 4.45. The van der Waals surface area contributed by atoms with E-state index in [9.17, 15) is 9.59 Å². The highest BCUT2D eigenvalue weighted by atomic mass is 32.1. The van der Waals surface area contributed by atoms with Crippen LogP contribution in [0.4, 0.5) is 0 Å². The molecule has 1 atom stereocenters. The number of thiazole rings is 1. The number of carboxylic acid groups (broad SMARTS) is 1. The lowest BCUT2D eigenvalue weighted by molar-refractivity contribution is -0.141. The van der Waals surface area contributed by atoms with Gasteiger partial charge < -0.3 is 10.4 Å². The van der Waals surface area contributed by atoms with Gasteiger partial charge >= 0.3 is 5.97 Å². The number of hydrogen-bond donors (Lipinski definition) is 2. The summed E-state index contributed by atoms with van der Waals surface area (Å²) in [5.74, 6) is -1.37. The van der Waals surface area contributed by atoms with Crippen LogP contribution in [0.3, 0.4) is 0 Å². The van der Waals surface area contributed by atoms with Gasteiger partial charge in [0, 0.05) is 10.8 Å². The van der Waals surface area contributed by atoms with Gasteiger partial charge in [-0.05, 0) is 6.92 Å². The lowest BCUT2D eigenvalue weighted by atomic mass is 9.98. The van der Waals surface area contributed by atoms with Gasteiger partial charge in [0.05, 0.1) is 17.1 Å². The Labute approximate surface area is 110 Å². The number of carbonyl (C=O) groups excluding carboxylic acids is 1. The van der Waals surface area contributed by atoms with E-state index in [0.717, 1.165) is 5.01 Å². The van der Waals surface area contributed by atoms with E-state index in [1.54, 1.807) is 0 Å². The van der Waals surface area contributed by atoms with Gasteiger partial charge in [0.15, 0.2) is 0 Å². The maximum Gasteiger partial charge on any atom is 0.325 e. The summed E-state index contributed by atoms with van der Waals surface area (Å²) in [7, 11) is 0. The Morgan fingerprint density at radius 3 is 2.56 bits per heavy atom. The molecule has 1 amide bonds. The Balaban J connectivity index is 2.60. The molecule has 18 heavy (non-hydrogen) atoms. The number of amides is 1. The second kappa shape index (κ2) is 5.48. The first kappa shape index (κ1) is 14.6. The molecule has 0 spiro atoms. The van der Waals surface area contributed by atoms with Crippen molar-refractivity contribution < 1.29 is 14.7 Å². The van der Waals surface area contributed by atoms with Crippen molar-refractivity contribution in [1.82, 2.24) is 10.3 Å². The van der Waals surface area contributed by atoms with Crippen LogP contribution >= 0.6 is 11.3 Å². The fourth-order valence-electron chi connectivity index (χ4n) is 1.25. The van der Waals surface area contributed by atoms with Crippen LogP contribution in [0, 0.1) is 0 Å². The first-order chi connectivity index (χ1) is 8.20. The number of nitrogens with one attached hydrogen (secondary N) is 1. The first-order valence-electron chi connectivity index (χ1n) is 5.67. The largest absolute Gasteiger partial charge is 0.480 e. The van der Waals surface area contributed by atoms with E-state index >= 15 is 0 Å². The minimum atomic E-state index is -1.04. The van der Waals surface area contributed by atoms with Gasteiger partial charge in [0.25, 0.3) is 0 Å². The normalized spacial score (nSPS) is 13.1. The summed E-state index contributed by atoms with van der Waals surface area (Å²) in [5, 5.41) is 13.9. The molecule has 0 saturated heterocycles. The van der Waals surface area contributed by atoms with Crippen LogP contribution in [0.25, 0.3) is 0 Å². The smallest absolute Gasteiger partial charge is 0.325 e. The molecule has 100 valence electrons. The standard InChI is InChI=1S/C12H18N2O3S/c1-7(10(16)17)13-9(15)5-8-6-18-11(14-8)12(2,3)4/h6-7H,5H2,1-4H3,(H,13,15)(H,16,17)/t7-/m1/s1. The molecule has 5 nitrogen and oxygen atoms in total. The summed E-state index contributed by atoms with van der Waals surface area (Å²) in [6.07, 6.45) is 0.115. The summed E-state index contributed by atoms with van der Waals surface area (Å²) in [6.45, 7) is 7.61. The van der Waals surface area contributed by atoms with Crippen LogP contribution in [-0.2, 0) is 21.4 Å². The lowest BCUT2D eigenvalue weighted by Crippen LogP contribution is -2.39. The number of hydrogen-bond acceptors (Lipinski definition) is 4. The minimum Gasteiger partial charge on any atom is -0.480 e. The fourth-order valence-corrected chi connectivity index (χ4v) is 2.16. The van der Waals surface area contributed by atoms with E-state index in [4.69, 9.17) is 5.11 Å². The Hall–Kier alpha value is -1.43. The predicted octanol–water partition coefficient (Wildman–Crippen LogP) is 1.57. The Morgan fingerprint density at radius 2 is 2.11 bits per heavy atom. The third-order valence-corrected chi connectivity index (χ3v) is 3.60. The Morgan fingerprint density at radius 1 is 1.50 bits per heavy atom. The van der Waals surface area contributed by atoms with Gasteiger partial charge in [0.1, 0.15) is 6.04 Å². The topological polar surface area (TPSA) is 79.3 Å². The molecule has 0 unspecified atom stereocenters. The molecule has 0 bridgehead atoms. The zero-order chi connectivity index (χ0) is 13.9. The van der Waals surface area contributed by atoms with Crippen LogP contribution < -0.4 is 5.32 Å². The molecule has 1 rings (SSSR count). The zero-order valence-corrected chi connectivity index (χ0v) is 11.8. The number of aliphatic carboxylic acids is 1. The zero-order valence-electron chi connectivity index (χ0n) is 11.0. The average Bonchev–Trinajstić information content (AvgIpc) is 2.64. The second-order valence-electron chi connectivity index (χ2n) is 5.20. The monoisotopic (exact) mass is 270 g/mol. The maximum atomic E-state index is 11.6. The van der Waals surface area contributed by atoms with Crippen LogP contribution in [0.2, 0.25) is 0 Å². The minimum absolute atomic E-state index is 0.0340. The number of carboxylic acids is 1. The molecule has 1 aromatic heterocycles. The van der Waals surface area contributed by atoms with Crippen molar-refractivity contribution >= 4 is 23.2 Å². The SMILES string of the molecule is C[C@@H](NC(=O)Cc1csc(C(C)(C)C)n1)C(=O)O. The van der Waals surface area contributed by atoms with E-state index in [2.05, 4.69) is 31.1 Å². The summed E-state index contributed by atoms with van der Waals surface area (Å²) in [4.78, 5) is 26.6. The molecule has 1 aromatic rings. The lowest BCUT2D eigenvalue weighted by Gasteiger charge is -2.13. The van der Waals surface area contributed by atoms with E-state index in [-0.39, 0.29) is 17.7 Å². The van der Waals surface area contributed by atoms with E-state index < -0.39 is 12.0 Å². The summed E-state index contributed by atoms with van der Waals surface area (Å²) >= 11 is 1.52. The van der Waals surface area contributed by atoms with Crippen molar-refractivity contribution in [1.29, 1.82) is 0 Å². The highest BCUT2D eigenvalue weighted by Gasteiger charge is 2.19. The van der Waals surface area contributed by atoms with Gasteiger partial charge in [-0.15, -0.1) is 11.3 Å². The second-order valence-corrected chi connectivity index (χ2v) is 6.06. The van der Waals surface area contributed by atoms with E-state index in [1.165, 1.54) is 18.3 Å². The molecule has 0 aliphatic carbocycles. The molecular weight excluding hydrogens is 252 g/mol. The van der Waals surface area contributed by atoms with Crippen LogP contribution in [0.5, 0.6) is 0 Å². The summed E-state index contributed by atoms with van der Waals surface area (Å²) in [5.41, 5.74) is 0.647. The molecule has 0 fully saturated rings. The van der Waals surface area contributed by atoms with Gasteiger partial charge in [0.2, 0.25) is 5.91 Å². The van der Waals surface area contributed by atoms with Crippen LogP contribution in [0.1, 0.15) is 38.4 Å². The third-order valence-electron chi connectivity index (χ3n) is 2.28. The van der Waals surface area contributed by atoms with Gasteiger partial charge in [-0.1, -0.05) is 20.8 Å². The maximum absolute atomic E-state index is 11.6. The van der Waals surface area contributed by atoms with Crippen molar-refractivity contribution in [2.45, 2.75) is 45.6 Å². The quantitative estimate of drug-likeness (QED) is 0.870. The molecule has 0 radical (unpaired) electrons. The molecule has 2 N–H and O–H groups in total. The Bertz CT molecular complexity index is 448. The summed E-state index contributed by atoms with van der Waals surface area (Å²) in [6, 6.07) is -0.877. The van der Waals surface area contributed by atoms with Gasteiger partial charge in [-0.25, -0.2) is 4.98 Å². The molecule has 1 heterocycles. The van der Waals surface area contributed by atoms with Crippen molar-refractivity contribution in [3.05, 3.63) is 16.1 Å². The average molecular weight is 270 g/mol. The number of nitrogens with zero attached hydrogens (tertiary/aromatic N) is 1. The van der Waals surface area contributed by atoms with Crippen molar-refractivity contribution in [3.8, 4) is 0 Å². The van der Waals surface area contributed by atoms with E-state index in [1.807, 2.05) is 5.38 Å². The molecular formula is C12H18N2O3S. The van der Waals surface area contributed by atoms with Crippen LogP contribution in [0.15, 0.2) is 5.38 Å². The number of rotatable bonds is 4. The van der Waals surface area contributed by atoms with Crippen molar-refractivity contribution in [3.63, 3.8) is 0 Å². The fraction of sp³-hybridized carbons (Fsp3) is 0.583. The molecule has 0 aliphatic heterocycles. The molecule has 6 heteroatoms. The molecule has 0 aliphatic rings. The van der Waals surface area contributed by atoms with Crippen molar-refractivity contribution in [2.75, 3.05) is 0 Å². The van der Waals surface area contributed by atoms with Gasteiger partial charge in [-0.2, -0.15) is 0 Å². The predicted molar refractivity (Wildman–Crippen MR) is 69.8 cm³/mol. The highest BCUT2D eigenvalue weighted by Crippen LogP contribution is 2.25. The summed E-state index contributed by atoms with van der Waals surface area (Å²) < 4.78 is 0. The van der Waals surface area contributed by atoms with E-state index in [0.29, 0.717) is 5.69 Å². The first-order valence-corrected chi connectivity index (χ1v) is 6.55. The number of aromatic nitrogens is 1. The highest BCUT2D eigenvalue weighted by molar-refractivity contribution is 7.09. The molecule has 0 aromatic carbocycles. The van der Waals surface area contributed by atoms with Crippen LogP contribution in [-0.4, -0.2) is 28.0 Å². The third kappa shape index (κ3) is 4.10. The van der Waals surface area contributed by atoms with Crippen molar-refractivity contribution in [2.24, 2.45) is 0 Å². The van der Waals surface area contributed by atoms with Gasteiger partial charge in [-0.3, -0.25) is 9.59 Å². The molecule has 0 saturated carbocycles. The number of carbonyl (C=O) groups is 2.